The lowest BCUT2D eigenvalue weighted by molar-refractivity contribution is 0.261. The summed E-state index contributed by atoms with van der Waals surface area (Å²) in [4.78, 5) is 5.11. The molecule has 0 unspecified atom stereocenters. The van der Waals surface area contributed by atoms with Crippen molar-refractivity contribution in [2.24, 2.45) is 0 Å². The fraction of sp³-hybridized carbons (Fsp3) is 0.240. The summed E-state index contributed by atoms with van der Waals surface area (Å²) in [7, 11) is -3.58. The van der Waals surface area contributed by atoms with Gasteiger partial charge in [0, 0.05) is 43.8 Å². The first-order valence-electron chi connectivity index (χ1n) is 11.1. The van der Waals surface area contributed by atoms with Gasteiger partial charge < -0.3 is 4.90 Å². The number of fused-ring (bicyclic) bond motifs is 1. The van der Waals surface area contributed by atoms with Gasteiger partial charge >= 0.3 is 0 Å². The van der Waals surface area contributed by atoms with Gasteiger partial charge in [-0.25, -0.2) is 8.42 Å². The second-order valence-corrected chi connectivity index (χ2v) is 10.7. The molecule has 4 aromatic rings. The highest BCUT2D eigenvalue weighted by molar-refractivity contribution is 7.92. The molecule has 0 bridgehead atoms. The third kappa shape index (κ3) is 5.03. The minimum absolute atomic E-state index is 0.265. The minimum Gasteiger partial charge on any atom is -0.353 e. The molecule has 33 heavy (non-hydrogen) atoms. The molecule has 3 aromatic carbocycles. The maximum absolute atomic E-state index is 12.6. The number of piperazine rings is 1. The minimum atomic E-state index is -3.58. The normalized spacial score (nSPS) is 15.1. The van der Waals surface area contributed by atoms with Crippen LogP contribution in [-0.2, 0) is 16.4 Å². The van der Waals surface area contributed by atoms with Crippen LogP contribution in [0.5, 0.6) is 0 Å². The summed E-state index contributed by atoms with van der Waals surface area (Å²) in [6, 6.07) is 24.5. The largest absolute Gasteiger partial charge is 0.353 e. The Labute approximate surface area is 198 Å². The number of hydrogen-bond acceptors (Lipinski definition) is 6. The summed E-state index contributed by atoms with van der Waals surface area (Å²) in [5.41, 5.74) is 1.72. The van der Waals surface area contributed by atoms with Crippen molar-refractivity contribution in [1.29, 1.82) is 0 Å². The van der Waals surface area contributed by atoms with E-state index in [4.69, 9.17) is 4.37 Å². The molecule has 170 valence electrons. The number of anilines is 2. The summed E-state index contributed by atoms with van der Waals surface area (Å²) >= 11 is 1.57. The summed E-state index contributed by atoms with van der Waals surface area (Å²) < 4.78 is 33.8. The molecule has 1 fully saturated rings. The summed E-state index contributed by atoms with van der Waals surface area (Å²) in [5.74, 6) is 1.11. The van der Waals surface area contributed by atoms with Crippen molar-refractivity contribution in [3.8, 4) is 0 Å². The van der Waals surface area contributed by atoms with Gasteiger partial charge in [-0.05, 0) is 59.9 Å². The Morgan fingerprint density at radius 1 is 0.879 bits per heavy atom. The maximum Gasteiger partial charge on any atom is 0.261 e. The van der Waals surface area contributed by atoms with Crippen LogP contribution < -0.4 is 9.62 Å². The maximum atomic E-state index is 12.6. The zero-order valence-corrected chi connectivity index (χ0v) is 19.9. The Hall–Kier alpha value is -2.94. The number of nitrogens with zero attached hydrogens (tertiary/aromatic N) is 3. The molecule has 1 aromatic heterocycles. The van der Waals surface area contributed by atoms with Crippen molar-refractivity contribution in [3.63, 3.8) is 0 Å². The average Bonchev–Trinajstić information content (AvgIpc) is 3.28. The zero-order chi connectivity index (χ0) is 22.7. The lowest BCUT2D eigenvalue weighted by Gasteiger charge is -2.35. The third-order valence-corrected chi connectivity index (χ3v) is 8.19. The smallest absolute Gasteiger partial charge is 0.261 e. The van der Waals surface area contributed by atoms with Crippen molar-refractivity contribution in [1.82, 2.24) is 9.27 Å². The Balaban J connectivity index is 1.16. The Kier molecular flexibility index (Phi) is 6.30. The zero-order valence-electron chi connectivity index (χ0n) is 18.2. The molecule has 0 saturated carbocycles. The third-order valence-electron chi connectivity index (χ3n) is 5.98. The molecule has 0 spiro atoms. The van der Waals surface area contributed by atoms with Gasteiger partial charge in [0.05, 0.1) is 9.60 Å². The van der Waals surface area contributed by atoms with E-state index in [1.807, 2.05) is 12.1 Å². The number of aromatic nitrogens is 1. The van der Waals surface area contributed by atoms with Crippen molar-refractivity contribution in [3.05, 3.63) is 84.4 Å². The van der Waals surface area contributed by atoms with Crippen LogP contribution >= 0.6 is 11.5 Å². The summed E-state index contributed by atoms with van der Waals surface area (Å²) in [6.45, 7) is 4.86. The highest BCUT2D eigenvalue weighted by Gasteiger charge is 2.20. The van der Waals surface area contributed by atoms with Gasteiger partial charge in [0.25, 0.3) is 10.0 Å². The molecule has 0 aliphatic carbocycles. The van der Waals surface area contributed by atoms with E-state index in [2.05, 4.69) is 44.9 Å². The molecule has 0 radical (unpaired) electrons. The van der Waals surface area contributed by atoms with Gasteiger partial charge in [-0.1, -0.05) is 42.5 Å². The monoisotopic (exact) mass is 478 g/mol. The first kappa shape index (κ1) is 21.9. The molecule has 2 heterocycles. The van der Waals surface area contributed by atoms with Crippen molar-refractivity contribution in [2.75, 3.05) is 42.3 Å². The Morgan fingerprint density at radius 2 is 1.64 bits per heavy atom. The molecule has 5 rings (SSSR count). The number of hydrogen-bond donors (Lipinski definition) is 1. The van der Waals surface area contributed by atoms with Crippen LogP contribution in [-0.4, -0.2) is 50.4 Å². The topological polar surface area (TPSA) is 65.5 Å². The van der Waals surface area contributed by atoms with Crippen LogP contribution in [0.15, 0.2) is 83.8 Å². The molecular weight excluding hydrogens is 452 g/mol. The predicted octanol–water partition coefficient (Wildman–Crippen LogP) is 4.46. The van der Waals surface area contributed by atoms with Crippen LogP contribution in [0.3, 0.4) is 0 Å². The van der Waals surface area contributed by atoms with Gasteiger partial charge in [0.2, 0.25) is 0 Å². The number of sulfonamides is 1. The summed E-state index contributed by atoms with van der Waals surface area (Å²) in [6.07, 6.45) is 0.876. The van der Waals surface area contributed by atoms with Crippen molar-refractivity contribution < 1.29 is 8.42 Å². The Morgan fingerprint density at radius 3 is 2.45 bits per heavy atom. The molecular formula is C25H26N4O2S2. The second kappa shape index (κ2) is 9.51. The molecule has 1 aliphatic heterocycles. The molecule has 1 aliphatic rings. The van der Waals surface area contributed by atoms with E-state index in [0.717, 1.165) is 50.5 Å². The second-order valence-electron chi connectivity index (χ2n) is 8.20. The van der Waals surface area contributed by atoms with Crippen molar-refractivity contribution >= 4 is 43.1 Å². The van der Waals surface area contributed by atoms with Gasteiger partial charge in [0.15, 0.2) is 0 Å². The number of nitrogens with one attached hydrogen (secondary N) is 1. The standard InChI is InChI=1S/C25H26N4O2S2/c30-33(31,22-9-2-1-3-10-22)27-21-8-6-7-20(19-21)13-14-28-15-17-29(18-16-28)25-23-11-4-5-12-24(23)32-26-25/h1-12,19,27H,13-18H2. The fourth-order valence-electron chi connectivity index (χ4n) is 4.18. The van der Waals surface area contributed by atoms with Gasteiger partial charge in [-0.2, -0.15) is 4.37 Å². The van der Waals surface area contributed by atoms with E-state index in [-0.39, 0.29) is 4.90 Å². The van der Waals surface area contributed by atoms with E-state index in [1.54, 1.807) is 47.9 Å². The highest BCUT2D eigenvalue weighted by Crippen LogP contribution is 2.29. The molecule has 1 N–H and O–H groups in total. The fourth-order valence-corrected chi connectivity index (χ4v) is 6.04. The van der Waals surface area contributed by atoms with Crippen LogP contribution in [0.25, 0.3) is 10.1 Å². The first-order chi connectivity index (χ1) is 16.1. The van der Waals surface area contributed by atoms with Crippen LogP contribution in [0, 0.1) is 0 Å². The highest BCUT2D eigenvalue weighted by atomic mass is 32.2. The van der Waals surface area contributed by atoms with Gasteiger partial charge in [-0.3, -0.25) is 9.62 Å². The molecule has 0 atom stereocenters. The Bertz CT molecular complexity index is 1330. The van der Waals surface area contributed by atoms with Crippen LogP contribution in [0.4, 0.5) is 11.5 Å². The van der Waals surface area contributed by atoms with Gasteiger partial charge in [-0.15, -0.1) is 0 Å². The lowest BCUT2D eigenvalue weighted by atomic mass is 10.1. The molecule has 1 saturated heterocycles. The van der Waals surface area contributed by atoms with E-state index in [0.29, 0.717) is 5.69 Å². The number of benzene rings is 3. The summed E-state index contributed by atoms with van der Waals surface area (Å²) in [5, 5.41) is 1.24. The van der Waals surface area contributed by atoms with Crippen LogP contribution in [0.1, 0.15) is 5.56 Å². The predicted molar refractivity (Wildman–Crippen MR) is 136 cm³/mol. The van der Waals surface area contributed by atoms with Crippen LogP contribution in [0.2, 0.25) is 0 Å². The van der Waals surface area contributed by atoms with Gasteiger partial charge in [0.1, 0.15) is 5.82 Å². The number of rotatable bonds is 7. The SMILES string of the molecule is O=S(=O)(Nc1cccc(CCN2CCN(c3nsc4ccccc34)CC2)c1)c1ccccc1. The van der Waals surface area contributed by atoms with Crippen molar-refractivity contribution in [2.45, 2.75) is 11.3 Å². The molecule has 6 nitrogen and oxygen atoms in total. The van der Waals surface area contributed by atoms with E-state index in [1.165, 1.54) is 10.1 Å². The van der Waals surface area contributed by atoms with E-state index in [9.17, 15) is 8.42 Å². The average molecular weight is 479 g/mol. The molecule has 0 amide bonds. The quantitative estimate of drug-likeness (QED) is 0.425. The lowest BCUT2D eigenvalue weighted by Crippen LogP contribution is -2.47. The van der Waals surface area contributed by atoms with E-state index >= 15 is 0 Å². The van der Waals surface area contributed by atoms with E-state index < -0.39 is 10.0 Å². The first-order valence-corrected chi connectivity index (χ1v) is 13.3. The molecule has 8 heteroatoms.